The summed E-state index contributed by atoms with van der Waals surface area (Å²) in [6.07, 6.45) is 7.26. The van der Waals surface area contributed by atoms with Crippen LogP contribution < -0.4 is 10.9 Å². The molecule has 2 heteroatoms. The van der Waals surface area contributed by atoms with Gasteiger partial charge in [0.25, 0.3) is 0 Å². The molecule has 1 saturated heterocycles. The van der Waals surface area contributed by atoms with Crippen LogP contribution in [0.2, 0.25) is 0 Å². The average Bonchev–Trinajstić information content (AvgIpc) is 2.28. The molecule has 1 saturated carbocycles. The molecule has 0 bridgehead atoms. The van der Waals surface area contributed by atoms with Crippen molar-refractivity contribution in [2.75, 3.05) is 13.1 Å². The van der Waals surface area contributed by atoms with Gasteiger partial charge >= 0.3 is 0 Å². The molecule has 64 valence electrons. The van der Waals surface area contributed by atoms with Gasteiger partial charge in [-0.15, -0.1) is 0 Å². The summed E-state index contributed by atoms with van der Waals surface area (Å²) in [5.74, 6) is 1.99. The monoisotopic (exact) mass is 154 g/mol. The molecule has 1 aliphatic heterocycles. The first kappa shape index (κ1) is 7.56. The van der Waals surface area contributed by atoms with Crippen LogP contribution in [-0.4, -0.2) is 13.1 Å². The third kappa shape index (κ3) is 1.74. The van der Waals surface area contributed by atoms with Gasteiger partial charge in [-0.05, 0) is 24.7 Å². The van der Waals surface area contributed by atoms with Crippen LogP contribution in [0.15, 0.2) is 0 Å². The van der Waals surface area contributed by atoms with Gasteiger partial charge in [-0.3, -0.25) is 10.9 Å². The standard InChI is InChI=1S/C9H18N2/c1-2-4-9-7-11-10-6-5-8(9)3-1/h8-11H,1-7H2. The van der Waals surface area contributed by atoms with Crippen molar-refractivity contribution in [2.24, 2.45) is 11.8 Å². The molecule has 2 rings (SSSR count). The second-order valence-corrected chi connectivity index (χ2v) is 3.90. The van der Waals surface area contributed by atoms with E-state index in [4.69, 9.17) is 0 Å². The predicted octanol–water partition coefficient (Wildman–Crippen LogP) is 1.29. The quantitative estimate of drug-likeness (QED) is 0.549. The first-order valence-corrected chi connectivity index (χ1v) is 4.92. The Morgan fingerprint density at radius 2 is 1.64 bits per heavy atom. The Balaban J connectivity index is 1.93. The molecule has 0 spiro atoms. The number of nitrogens with one attached hydrogen (secondary N) is 2. The van der Waals surface area contributed by atoms with E-state index >= 15 is 0 Å². The number of hydrazine groups is 1. The number of hydrogen-bond acceptors (Lipinski definition) is 2. The second kappa shape index (κ2) is 3.55. The topological polar surface area (TPSA) is 24.1 Å². The summed E-state index contributed by atoms with van der Waals surface area (Å²) in [7, 11) is 0. The fourth-order valence-electron chi connectivity index (χ4n) is 2.48. The molecule has 0 aromatic heterocycles. The van der Waals surface area contributed by atoms with E-state index in [-0.39, 0.29) is 0 Å². The first-order valence-electron chi connectivity index (χ1n) is 4.92. The largest absolute Gasteiger partial charge is 0.258 e. The van der Waals surface area contributed by atoms with Crippen molar-refractivity contribution >= 4 is 0 Å². The summed E-state index contributed by atoms with van der Waals surface area (Å²) in [6, 6.07) is 0. The Bertz CT molecular complexity index is 111. The maximum Gasteiger partial charge on any atom is 0.0131 e. The third-order valence-electron chi connectivity index (χ3n) is 3.20. The van der Waals surface area contributed by atoms with E-state index in [0.717, 1.165) is 11.8 Å². The van der Waals surface area contributed by atoms with Crippen LogP contribution in [0.3, 0.4) is 0 Å². The number of fused-ring (bicyclic) bond motifs is 1. The van der Waals surface area contributed by atoms with Gasteiger partial charge in [-0.2, -0.15) is 0 Å². The van der Waals surface area contributed by atoms with E-state index in [2.05, 4.69) is 10.9 Å². The fourth-order valence-corrected chi connectivity index (χ4v) is 2.48. The van der Waals surface area contributed by atoms with Crippen LogP contribution in [-0.2, 0) is 0 Å². The molecule has 11 heavy (non-hydrogen) atoms. The van der Waals surface area contributed by atoms with Gasteiger partial charge in [-0.1, -0.05) is 19.3 Å². The molecule has 1 heterocycles. The zero-order valence-electron chi connectivity index (χ0n) is 7.10. The lowest BCUT2D eigenvalue weighted by atomic mass is 9.78. The predicted molar refractivity (Wildman–Crippen MR) is 46.1 cm³/mol. The minimum Gasteiger partial charge on any atom is -0.258 e. The number of hydrogen-bond donors (Lipinski definition) is 2. The highest BCUT2D eigenvalue weighted by atomic mass is 15.3. The Kier molecular flexibility index (Phi) is 2.44. The van der Waals surface area contributed by atoms with Crippen molar-refractivity contribution in [3.63, 3.8) is 0 Å². The summed E-state index contributed by atoms with van der Waals surface area (Å²) >= 11 is 0. The summed E-state index contributed by atoms with van der Waals surface area (Å²) < 4.78 is 0. The lowest BCUT2D eigenvalue weighted by molar-refractivity contribution is 0.238. The highest BCUT2D eigenvalue weighted by molar-refractivity contribution is 4.78. The van der Waals surface area contributed by atoms with Crippen LogP contribution in [0, 0.1) is 11.8 Å². The van der Waals surface area contributed by atoms with E-state index < -0.39 is 0 Å². The molecule has 2 N–H and O–H groups in total. The van der Waals surface area contributed by atoms with Gasteiger partial charge in [0.1, 0.15) is 0 Å². The summed E-state index contributed by atoms with van der Waals surface area (Å²) in [5, 5.41) is 0. The maximum atomic E-state index is 3.30. The van der Waals surface area contributed by atoms with Gasteiger partial charge in [0, 0.05) is 13.1 Å². The third-order valence-corrected chi connectivity index (χ3v) is 3.20. The van der Waals surface area contributed by atoms with Crippen molar-refractivity contribution in [3.8, 4) is 0 Å². The normalized spacial score (nSPS) is 39.3. The highest BCUT2D eigenvalue weighted by Gasteiger charge is 2.25. The van der Waals surface area contributed by atoms with Gasteiger partial charge in [0.15, 0.2) is 0 Å². The minimum absolute atomic E-state index is 0.971. The van der Waals surface area contributed by atoms with Crippen molar-refractivity contribution in [3.05, 3.63) is 0 Å². The fraction of sp³-hybridized carbons (Fsp3) is 1.00. The molecular formula is C9H18N2. The molecule has 2 fully saturated rings. The molecule has 0 aromatic carbocycles. The van der Waals surface area contributed by atoms with Crippen LogP contribution in [0.1, 0.15) is 32.1 Å². The van der Waals surface area contributed by atoms with E-state index in [1.165, 1.54) is 45.2 Å². The van der Waals surface area contributed by atoms with E-state index in [1.54, 1.807) is 0 Å². The van der Waals surface area contributed by atoms with E-state index in [9.17, 15) is 0 Å². The maximum absolute atomic E-state index is 3.30. The SMILES string of the molecule is C1CCC2CNNCCC2C1. The van der Waals surface area contributed by atoms with Crippen molar-refractivity contribution < 1.29 is 0 Å². The van der Waals surface area contributed by atoms with Crippen molar-refractivity contribution in [2.45, 2.75) is 32.1 Å². The van der Waals surface area contributed by atoms with E-state index in [1.807, 2.05) is 0 Å². The number of rotatable bonds is 0. The smallest absolute Gasteiger partial charge is 0.0131 e. The molecule has 2 aliphatic rings. The Labute approximate surface area is 68.7 Å². The molecule has 2 nitrogen and oxygen atoms in total. The van der Waals surface area contributed by atoms with Crippen molar-refractivity contribution in [1.29, 1.82) is 0 Å². The Hall–Kier alpha value is -0.0800. The van der Waals surface area contributed by atoms with E-state index in [0.29, 0.717) is 0 Å². The van der Waals surface area contributed by atoms with Gasteiger partial charge in [-0.25, -0.2) is 0 Å². The average molecular weight is 154 g/mol. The Morgan fingerprint density at radius 3 is 2.55 bits per heavy atom. The second-order valence-electron chi connectivity index (χ2n) is 3.90. The summed E-state index contributed by atoms with van der Waals surface area (Å²) in [6.45, 7) is 2.37. The molecule has 0 amide bonds. The first-order chi connectivity index (χ1) is 5.47. The molecular weight excluding hydrogens is 136 g/mol. The zero-order chi connectivity index (χ0) is 7.52. The van der Waals surface area contributed by atoms with Gasteiger partial charge in [0.05, 0.1) is 0 Å². The van der Waals surface area contributed by atoms with Gasteiger partial charge in [0.2, 0.25) is 0 Å². The van der Waals surface area contributed by atoms with Crippen LogP contribution in [0.5, 0.6) is 0 Å². The summed E-state index contributed by atoms with van der Waals surface area (Å²) in [4.78, 5) is 0. The summed E-state index contributed by atoms with van der Waals surface area (Å²) in [5.41, 5.74) is 6.55. The van der Waals surface area contributed by atoms with Crippen LogP contribution >= 0.6 is 0 Å². The van der Waals surface area contributed by atoms with Crippen LogP contribution in [0.25, 0.3) is 0 Å². The lowest BCUT2D eigenvalue weighted by Crippen LogP contribution is -2.33. The highest BCUT2D eigenvalue weighted by Crippen LogP contribution is 2.32. The van der Waals surface area contributed by atoms with Crippen molar-refractivity contribution in [1.82, 2.24) is 10.9 Å². The Morgan fingerprint density at radius 1 is 0.818 bits per heavy atom. The minimum atomic E-state index is 0.971. The zero-order valence-corrected chi connectivity index (χ0v) is 7.10. The molecule has 0 radical (unpaired) electrons. The van der Waals surface area contributed by atoms with Crippen LogP contribution in [0.4, 0.5) is 0 Å². The molecule has 0 aromatic rings. The molecule has 1 aliphatic carbocycles. The van der Waals surface area contributed by atoms with Gasteiger partial charge < -0.3 is 0 Å². The molecule has 2 atom stereocenters. The lowest BCUT2D eigenvalue weighted by Gasteiger charge is -2.28. The molecule has 2 unspecified atom stereocenters.